The van der Waals surface area contributed by atoms with E-state index in [4.69, 9.17) is 4.74 Å². The van der Waals surface area contributed by atoms with E-state index in [-0.39, 0.29) is 12.1 Å². The first-order valence-corrected chi connectivity index (χ1v) is 8.16. The lowest BCUT2D eigenvalue weighted by molar-refractivity contribution is 0.242. The van der Waals surface area contributed by atoms with Crippen molar-refractivity contribution in [1.82, 2.24) is 4.98 Å². The summed E-state index contributed by atoms with van der Waals surface area (Å²) in [5.74, 6) is 0.922. The lowest BCUT2D eigenvalue weighted by Gasteiger charge is -2.18. The molecule has 1 heterocycles. The molecule has 1 atom stereocenters. The highest BCUT2D eigenvalue weighted by Crippen LogP contribution is 2.30. The highest BCUT2D eigenvalue weighted by molar-refractivity contribution is 7.11. The molecule has 0 amide bonds. The zero-order valence-electron chi connectivity index (χ0n) is 13.7. The number of hydrogen-bond donors (Lipinski definition) is 1. The molecule has 0 spiro atoms. The van der Waals surface area contributed by atoms with Gasteiger partial charge in [-0.1, -0.05) is 0 Å². The van der Waals surface area contributed by atoms with Gasteiger partial charge in [-0.05, 0) is 65.3 Å². The topological polar surface area (TPSA) is 34.2 Å². The SMILES string of the molecule is Cc1nc(C)c(C(C)Nc2ccc(OC(C)C)cc2C)s1. The molecule has 0 aliphatic rings. The number of hydrogen-bond acceptors (Lipinski definition) is 4. The summed E-state index contributed by atoms with van der Waals surface area (Å²) in [6, 6.07) is 6.45. The van der Waals surface area contributed by atoms with Gasteiger partial charge in [0.15, 0.2) is 0 Å². The van der Waals surface area contributed by atoms with Crippen molar-refractivity contribution in [1.29, 1.82) is 0 Å². The van der Waals surface area contributed by atoms with Gasteiger partial charge in [0.25, 0.3) is 0 Å². The molecule has 0 radical (unpaired) electrons. The number of benzene rings is 1. The summed E-state index contributed by atoms with van der Waals surface area (Å²) in [6.07, 6.45) is 0.199. The second-order valence-electron chi connectivity index (χ2n) is 5.69. The fraction of sp³-hybridized carbons (Fsp3) is 0.471. The molecular weight excluding hydrogens is 280 g/mol. The fourth-order valence-electron chi connectivity index (χ4n) is 2.39. The summed E-state index contributed by atoms with van der Waals surface area (Å²) in [5, 5.41) is 4.70. The minimum absolute atomic E-state index is 0.199. The first-order chi connectivity index (χ1) is 9.86. The number of rotatable bonds is 5. The molecule has 3 nitrogen and oxygen atoms in total. The van der Waals surface area contributed by atoms with Gasteiger partial charge < -0.3 is 10.1 Å². The van der Waals surface area contributed by atoms with Gasteiger partial charge >= 0.3 is 0 Å². The monoisotopic (exact) mass is 304 g/mol. The standard InChI is InChI=1S/C17H24N2OS/c1-10(2)20-15-7-8-16(11(3)9-15)19-13(5)17-12(4)18-14(6)21-17/h7-10,13,19H,1-6H3. The lowest BCUT2D eigenvalue weighted by atomic mass is 10.1. The summed E-state index contributed by atoms with van der Waals surface area (Å²) in [5.41, 5.74) is 3.46. The minimum Gasteiger partial charge on any atom is -0.491 e. The van der Waals surface area contributed by atoms with Crippen LogP contribution in [-0.2, 0) is 0 Å². The van der Waals surface area contributed by atoms with Gasteiger partial charge in [-0.15, -0.1) is 11.3 Å². The zero-order chi connectivity index (χ0) is 15.6. The van der Waals surface area contributed by atoms with Crippen LogP contribution in [0.5, 0.6) is 5.75 Å². The molecule has 1 aromatic carbocycles. The predicted octanol–water partition coefficient (Wildman–Crippen LogP) is 5.03. The van der Waals surface area contributed by atoms with E-state index in [1.165, 1.54) is 10.4 Å². The van der Waals surface area contributed by atoms with Gasteiger partial charge in [0.05, 0.1) is 22.8 Å². The Balaban J connectivity index is 2.14. The molecule has 1 aromatic heterocycles. The van der Waals surface area contributed by atoms with E-state index in [0.29, 0.717) is 0 Å². The molecule has 114 valence electrons. The lowest BCUT2D eigenvalue weighted by Crippen LogP contribution is -2.09. The summed E-state index contributed by atoms with van der Waals surface area (Å²) in [7, 11) is 0. The van der Waals surface area contributed by atoms with Crippen LogP contribution in [0.15, 0.2) is 18.2 Å². The van der Waals surface area contributed by atoms with Crippen molar-refractivity contribution in [2.75, 3.05) is 5.32 Å². The van der Waals surface area contributed by atoms with Crippen molar-refractivity contribution in [3.05, 3.63) is 39.3 Å². The maximum Gasteiger partial charge on any atom is 0.120 e. The molecule has 0 saturated carbocycles. The van der Waals surface area contributed by atoms with Gasteiger partial charge in [-0.2, -0.15) is 0 Å². The minimum atomic E-state index is 0.199. The highest BCUT2D eigenvalue weighted by Gasteiger charge is 2.14. The quantitative estimate of drug-likeness (QED) is 0.841. The van der Waals surface area contributed by atoms with Crippen molar-refractivity contribution in [3.8, 4) is 5.75 Å². The van der Waals surface area contributed by atoms with E-state index in [2.05, 4.69) is 50.1 Å². The molecular formula is C17H24N2OS. The van der Waals surface area contributed by atoms with E-state index < -0.39 is 0 Å². The molecule has 4 heteroatoms. The number of aryl methyl sites for hydroxylation is 3. The summed E-state index contributed by atoms with van der Waals surface area (Å²) in [6.45, 7) is 12.5. The van der Waals surface area contributed by atoms with Crippen molar-refractivity contribution >= 4 is 17.0 Å². The molecule has 2 rings (SSSR count). The molecule has 21 heavy (non-hydrogen) atoms. The highest BCUT2D eigenvalue weighted by atomic mass is 32.1. The van der Waals surface area contributed by atoms with E-state index in [1.54, 1.807) is 11.3 Å². The second-order valence-corrected chi connectivity index (χ2v) is 6.93. The van der Waals surface area contributed by atoms with Crippen LogP contribution < -0.4 is 10.1 Å². The van der Waals surface area contributed by atoms with E-state index >= 15 is 0 Å². The van der Waals surface area contributed by atoms with Gasteiger partial charge in [-0.3, -0.25) is 0 Å². The Morgan fingerprint density at radius 3 is 2.38 bits per heavy atom. The Morgan fingerprint density at radius 2 is 1.86 bits per heavy atom. The molecule has 2 aromatic rings. The summed E-state index contributed by atoms with van der Waals surface area (Å²) < 4.78 is 5.73. The number of anilines is 1. The Labute approximate surface area is 131 Å². The molecule has 0 aliphatic heterocycles. The largest absolute Gasteiger partial charge is 0.491 e. The molecule has 0 bridgehead atoms. The third-order valence-corrected chi connectivity index (χ3v) is 4.53. The Morgan fingerprint density at radius 1 is 1.14 bits per heavy atom. The zero-order valence-corrected chi connectivity index (χ0v) is 14.5. The normalized spacial score (nSPS) is 12.5. The number of thiazole rings is 1. The molecule has 1 unspecified atom stereocenters. The van der Waals surface area contributed by atoms with Crippen molar-refractivity contribution in [2.45, 2.75) is 53.7 Å². The average molecular weight is 304 g/mol. The second kappa shape index (κ2) is 6.48. The number of nitrogens with one attached hydrogen (secondary N) is 1. The van der Waals surface area contributed by atoms with Crippen molar-refractivity contribution in [3.63, 3.8) is 0 Å². The third-order valence-electron chi connectivity index (χ3n) is 3.27. The van der Waals surface area contributed by atoms with Gasteiger partial charge in [0.1, 0.15) is 5.75 Å². The van der Waals surface area contributed by atoms with Crippen LogP contribution in [-0.4, -0.2) is 11.1 Å². The van der Waals surface area contributed by atoms with E-state index in [0.717, 1.165) is 22.1 Å². The van der Waals surface area contributed by atoms with Crippen molar-refractivity contribution in [2.24, 2.45) is 0 Å². The van der Waals surface area contributed by atoms with Crippen molar-refractivity contribution < 1.29 is 4.74 Å². The molecule has 0 fully saturated rings. The van der Waals surface area contributed by atoms with Crippen LogP contribution in [0.3, 0.4) is 0 Å². The smallest absolute Gasteiger partial charge is 0.120 e. The average Bonchev–Trinajstić information content (AvgIpc) is 2.71. The van der Waals surface area contributed by atoms with E-state index in [9.17, 15) is 0 Å². The third kappa shape index (κ3) is 3.97. The molecule has 0 saturated heterocycles. The van der Waals surface area contributed by atoms with Gasteiger partial charge in [0.2, 0.25) is 0 Å². The van der Waals surface area contributed by atoms with Crippen LogP contribution in [0.4, 0.5) is 5.69 Å². The molecule has 0 aliphatic carbocycles. The van der Waals surface area contributed by atoms with Crippen LogP contribution in [0.25, 0.3) is 0 Å². The Bertz CT molecular complexity index is 619. The summed E-state index contributed by atoms with van der Waals surface area (Å²) in [4.78, 5) is 5.80. The van der Waals surface area contributed by atoms with E-state index in [1.807, 2.05) is 19.9 Å². The number of aromatic nitrogens is 1. The molecule has 1 N–H and O–H groups in total. The van der Waals surface area contributed by atoms with Crippen LogP contribution in [0.2, 0.25) is 0 Å². The van der Waals surface area contributed by atoms with Gasteiger partial charge in [0, 0.05) is 10.6 Å². The number of ether oxygens (including phenoxy) is 1. The number of nitrogens with zero attached hydrogens (tertiary/aromatic N) is 1. The van der Waals surface area contributed by atoms with Crippen LogP contribution in [0, 0.1) is 20.8 Å². The van der Waals surface area contributed by atoms with Crippen LogP contribution in [0.1, 0.15) is 48.0 Å². The maximum absolute atomic E-state index is 5.73. The maximum atomic E-state index is 5.73. The fourth-order valence-corrected chi connectivity index (χ4v) is 3.32. The first kappa shape index (κ1) is 15.8. The van der Waals surface area contributed by atoms with Gasteiger partial charge in [-0.25, -0.2) is 4.98 Å². The Kier molecular flexibility index (Phi) is 4.88. The predicted molar refractivity (Wildman–Crippen MR) is 90.6 cm³/mol. The van der Waals surface area contributed by atoms with Crippen LogP contribution >= 0.6 is 11.3 Å². The first-order valence-electron chi connectivity index (χ1n) is 7.34. The summed E-state index contributed by atoms with van der Waals surface area (Å²) >= 11 is 1.76. The Hall–Kier alpha value is -1.55.